The van der Waals surface area contributed by atoms with Gasteiger partial charge in [-0.25, -0.2) is 12.4 Å². The van der Waals surface area contributed by atoms with Crippen LogP contribution in [0, 0.1) is 0 Å². The van der Waals surface area contributed by atoms with Crippen LogP contribution in [-0.4, -0.2) is 36.4 Å². The summed E-state index contributed by atoms with van der Waals surface area (Å²) in [5.74, 6) is 0.290. The van der Waals surface area contributed by atoms with Crippen molar-refractivity contribution in [2.45, 2.75) is 0 Å². The van der Waals surface area contributed by atoms with Gasteiger partial charge in [0.25, 0.3) is 0 Å². The van der Waals surface area contributed by atoms with Gasteiger partial charge < -0.3 is 0 Å². The summed E-state index contributed by atoms with van der Waals surface area (Å²) in [6.07, 6.45) is 4.38. The molecule has 0 saturated carbocycles. The molecule has 18 heavy (non-hydrogen) atoms. The van der Waals surface area contributed by atoms with Gasteiger partial charge in [0.2, 0.25) is 10.0 Å². The number of carbonyl (C=O) groups excluding carboxylic acids is 1. The Balaban J connectivity index is 2.73. The van der Waals surface area contributed by atoms with Gasteiger partial charge in [-0.05, 0) is 12.3 Å². The minimum atomic E-state index is -3.40. The zero-order valence-electron chi connectivity index (χ0n) is 10.1. The van der Waals surface area contributed by atoms with Gasteiger partial charge in [-0.2, -0.15) is 11.8 Å². The van der Waals surface area contributed by atoms with Crippen LogP contribution in [0.3, 0.4) is 0 Å². The lowest BCUT2D eigenvalue weighted by atomic mass is 10.1. The molecule has 1 aromatic carbocycles. The predicted octanol–water partition coefficient (Wildman–Crippen LogP) is 1.99. The smallest absolute Gasteiger partial charge is 0.236 e. The van der Waals surface area contributed by atoms with Crippen LogP contribution in [0.25, 0.3) is 10.9 Å². The van der Waals surface area contributed by atoms with Crippen molar-refractivity contribution in [3.63, 3.8) is 0 Å². The number of aromatic nitrogens is 1. The van der Waals surface area contributed by atoms with Gasteiger partial charge in [-0.3, -0.25) is 4.79 Å². The van der Waals surface area contributed by atoms with Crippen LogP contribution < -0.4 is 0 Å². The number of hydrogen-bond acceptors (Lipinski definition) is 4. The lowest BCUT2D eigenvalue weighted by molar-refractivity contribution is 0.102. The Morgan fingerprint density at radius 3 is 2.61 bits per heavy atom. The molecule has 0 spiro atoms. The van der Waals surface area contributed by atoms with Crippen molar-refractivity contribution in [1.82, 2.24) is 3.97 Å². The number of carbonyl (C=O) groups is 1. The summed E-state index contributed by atoms with van der Waals surface area (Å²) in [6, 6.07) is 7.02. The third-order valence-corrected chi connectivity index (χ3v) is 4.18. The van der Waals surface area contributed by atoms with E-state index in [0.717, 1.165) is 10.2 Å². The second kappa shape index (κ2) is 4.78. The largest absolute Gasteiger partial charge is 0.293 e. The summed E-state index contributed by atoms with van der Waals surface area (Å²) in [6.45, 7) is 0. The average molecular weight is 283 g/mol. The van der Waals surface area contributed by atoms with Gasteiger partial charge in [0.15, 0.2) is 5.78 Å². The molecule has 0 N–H and O–H groups in total. The molecule has 1 heterocycles. The number of rotatable bonds is 4. The van der Waals surface area contributed by atoms with Crippen molar-refractivity contribution < 1.29 is 13.2 Å². The molecule has 0 atom stereocenters. The Hall–Kier alpha value is -1.27. The highest BCUT2D eigenvalue weighted by molar-refractivity contribution is 7.99. The fourth-order valence-electron chi connectivity index (χ4n) is 1.86. The molecule has 4 nitrogen and oxygen atoms in total. The summed E-state index contributed by atoms with van der Waals surface area (Å²) in [7, 11) is -3.40. The number of hydrogen-bond donors (Lipinski definition) is 0. The maximum absolute atomic E-state index is 12.0. The molecule has 0 bridgehead atoms. The van der Waals surface area contributed by atoms with Crippen LogP contribution in [0.4, 0.5) is 0 Å². The van der Waals surface area contributed by atoms with E-state index in [1.54, 1.807) is 24.3 Å². The summed E-state index contributed by atoms with van der Waals surface area (Å²) in [5, 5.41) is 0.682. The molecule has 0 aliphatic heterocycles. The standard InChI is InChI=1S/C12H13NO3S2/c1-17-8-12(14)10-7-13(18(2,15)16)11-6-4-3-5-9(10)11/h3-7H,8H2,1-2H3. The van der Waals surface area contributed by atoms with E-state index < -0.39 is 10.0 Å². The van der Waals surface area contributed by atoms with Crippen LogP contribution in [0.1, 0.15) is 10.4 Å². The molecule has 0 aliphatic carbocycles. The molecule has 2 aromatic rings. The number of fused-ring (bicyclic) bond motifs is 1. The molecule has 0 fully saturated rings. The number of benzene rings is 1. The molecule has 0 saturated heterocycles. The Morgan fingerprint density at radius 1 is 1.33 bits per heavy atom. The minimum Gasteiger partial charge on any atom is -0.293 e. The summed E-state index contributed by atoms with van der Waals surface area (Å²) < 4.78 is 24.5. The van der Waals surface area contributed by atoms with Crippen molar-refractivity contribution in [2.24, 2.45) is 0 Å². The van der Waals surface area contributed by atoms with Crippen molar-refractivity contribution in [3.8, 4) is 0 Å². The summed E-state index contributed by atoms with van der Waals surface area (Å²) in [4.78, 5) is 12.0. The van der Waals surface area contributed by atoms with Crippen LogP contribution in [0.2, 0.25) is 0 Å². The number of thioether (sulfide) groups is 1. The van der Waals surface area contributed by atoms with E-state index in [0.29, 0.717) is 22.2 Å². The van der Waals surface area contributed by atoms with Gasteiger partial charge in [-0.15, -0.1) is 0 Å². The molecule has 96 valence electrons. The third-order valence-electron chi connectivity index (χ3n) is 2.61. The second-order valence-electron chi connectivity index (χ2n) is 3.97. The highest BCUT2D eigenvalue weighted by Crippen LogP contribution is 2.23. The summed E-state index contributed by atoms with van der Waals surface area (Å²) in [5.41, 5.74) is 1.01. The van der Waals surface area contributed by atoms with E-state index in [4.69, 9.17) is 0 Å². The third kappa shape index (κ3) is 2.30. The van der Waals surface area contributed by atoms with Crippen LogP contribution in [-0.2, 0) is 10.0 Å². The number of Topliss-reactive ketones (excluding diaryl/α,β-unsaturated/α-hetero) is 1. The van der Waals surface area contributed by atoms with Crippen molar-refractivity contribution >= 4 is 38.5 Å². The molecular weight excluding hydrogens is 270 g/mol. The van der Waals surface area contributed by atoms with Gasteiger partial charge in [0.1, 0.15) is 0 Å². The Labute approximate surface area is 110 Å². The summed E-state index contributed by atoms with van der Waals surface area (Å²) >= 11 is 1.42. The predicted molar refractivity (Wildman–Crippen MR) is 74.9 cm³/mol. The lowest BCUT2D eigenvalue weighted by Crippen LogP contribution is -2.08. The molecule has 2 rings (SSSR count). The lowest BCUT2D eigenvalue weighted by Gasteiger charge is -2.00. The van der Waals surface area contributed by atoms with Gasteiger partial charge in [0, 0.05) is 17.1 Å². The van der Waals surface area contributed by atoms with E-state index in [9.17, 15) is 13.2 Å². The van der Waals surface area contributed by atoms with E-state index in [-0.39, 0.29) is 5.78 Å². The molecule has 0 unspecified atom stereocenters. The van der Waals surface area contributed by atoms with E-state index in [2.05, 4.69) is 0 Å². The van der Waals surface area contributed by atoms with Crippen molar-refractivity contribution in [2.75, 3.05) is 18.3 Å². The first-order chi connectivity index (χ1) is 8.45. The Kier molecular flexibility index (Phi) is 3.49. The maximum Gasteiger partial charge on any atom is 0.236 e. The highest BCUT2D eigenvalue weighted by Gasteiger charge is 2.18. The van der Waals surface area contributed by atoms with E-state index in [1.807, 2.05) is 6.26 Å². The topological polar surface area (TPSA) is 56.1 Å². The van der Waals surface area contributed by atoms with Crippen molar-refractivity contribution in [1.29, 1.82) is 0 Å². The zero-order chi connectivity index (χ0) is 13.3. The van der Waals surface area contributed by atoms with Crippen LogP contribution in [0.5, 0.6) is 0 Å². The van der Waals surface area contributed by atoms with Gasteiger partial charge in [0.05, 0.1) is 17.5 Å². The molecular formula is C12H13NO3S2. The molecule has 0 amide bonds. The quantitative estimate of drug-likeness (QED) is 0.805. The fraction of sp³-hybridized carbons (Fsp3) is 0.250. The fourth-order valence-corrected chi connectivity index (χ4v) is 3.09. The normalized spacial score (nSPS) is 11.9. The molecule has 6 heteroatoms. The second-order valence-corrected chi connectivity index (χ2v) is 6.70. The van der Waals surface area contributed by atoms with E-state index in [1.165, 1.54) is 18.0 Å². The van der Waals surface area contributed by atoms with Crippen LogP contribution in [0.15, 0.2) is 30.5 Å². The Morgan fingerprint density at radius 2 is 2.00 bits per heavy atom. The molecule has 1 aromatic heterocycles. The van der Waals surface area contributed by atoms with Gasteiger partial charge >= 0.3 is 0 Å². The molecule has 0 radical (unpaired) electrons. The highest BCUT2D eigenvalue weighted by atomic mass is 32.2. The minimum absolute atomic E-state index is 0.0545. The first-order valence-corrected chi connectivity index (χ1v) is 8.52. The SMILES string of the molecule is CSCC(=O)c1cn(S(C)(=O)=O)c2ccccc12. The average Bonchev–Trinajstić information content (AvgIpc) is 2.68. The van der Waals surface area contributed by atoms with Crippen LogP contribution >= 0.6 is 11.8 Å². The number of para-hydroxylation sites is 1. The maximum atomic E-state index is 12.0. The first-order valence-electron chi connectivity index (χ1n) is 5.28. The number of nitrogens with zero attached hydrogens (tertiary/aromatic N) is 1. The monoisotopic (exact) mass is 283 g/mol. The van der Waals surface area contributed by atoms with Gasteiger partial charge in [-0.1, -0.05) is 18.2 Å². The first kappa shape index (κ1) is 13.2. The molecule has 0 aliphatic rings. The van der Waals surface area contributed by atoms with E-state index >= 15 is 0 Å². The number of ketones is 1. The Bertz CT molecular complexity index is 701. The zero-order valence-corrected chi connectivity index (χ0v) is 11.7. The van der Waals surface area contributed by atoms with Crippen molar-refractivity contribution in [3.05, 3.63) is 36.0 Å².